The number of rotatable bonds is 4. The Morgan fingerprint density at radius 2 is 1.91 bits per heavy atom. The maximum Gasteiger partial charge on any atom is 0.394 e. The van der Waals surface area contributed by atoms with E-state index in [4.69, 9.17) is 5.11 Å². The van der Waals surface area contributed by atoms with Crippen LogP contribution in [0.3, 0.4) is 0 Å². The summed E-state index contributed by atoms with van der Waals surface area (Å²) in [5.74, 6) is -5.60. The van der Waals surface area contributed by atoms with E-state index in [1.807, 2.05) is 19.1 Å². The van der Waals surface area contributed by atoms with Crippen molar-refractivity contribution in [2.24, 2.45) is 11.8 Å². The van der Waals surface area contributed by atoms with Crippen LogP contribution in [-0.4, -0.2) is 41.1 Å². The monoisotopic (exact) mass is 329 g/mol. The Morgan fingerprint density at radius 1 is 1.26 bits per heavy atom. The largest absolute Gasteiger partial charge is 0.481 e. The second kappa shape index (κ2) is 6.60. The number of carbonyl (C=O) groups is 2. The SMILES string of the molecule is CCc1cccc(CC(=O)N2C[C@@H](C(F)(F)F)[C@H](C(=O)O)C2)c1. The Balaban J connectivity index is 2.09. The van der Waals surface area contributed by atoms with E-state index in [0.717, 1.165) is 22.4 Å². The van der Waals surface area contributed by atoms with E-state index >= 15 is 0 Å². The van der Waals surface area contributed by atoms with Gasteiger partial charge in [0, 0.05) is 13.1 Å². The van der Waals surface area contributed by atoms with Gasteiger partial charge >= 0.3 is 12.1 Å². The molecule has 126 valence electrons. The molecule has 1 aromatic carbocycles. The Morgan fingerprint density at radius 3 is 2.43 bits per heavy atom. The first kappa shape index (κ1) is 17.3. The molecule has 1 aromatic rings. The number of benzene rings is 1. The number of halogens is 3. The number of likely N-dealkylation sites (tertiary alicyclic amines) is 1. The Hall–Kier alpha value is -2.05. The van der Waals surface area contributed by atoms with Crippen LogP contribution in [-0.2, 0) is 22.4 Å². The summed E-state index contributed by atoms with van der Waals surface area (Å²) < 4.78 is 38.8. The maximum atomic E-state index is 12.9. The van der Waals surface area contributed by atoms with Gasteiger partial charge in [-0.3, -0.25) is 9.59 Å². The molecule has 0 bridgehead atoms. The minimum absolute atomic E-state index is 0.0231. The third kappa shape index (κ3) is 4.03. The Kier molecular flexibility index (Phi) is 4.97. The van der Waals surface area contributed by atoms with Crippen molar-refractivity contribution in [2.75, 3.05) is 13.1 Å². The van der Waals surface area contributed by atoms with E-state index in [1.54, 1.807) is 12.1 Å². The highest BCUT2D eigenvalue weighted by atomic mass is 19.4. The predicted octanol–water partition coefficient (Wildman–Crippen LogP) is 2.51. The van der Waals surface area contributed by atoms with Crippen molar-refractivity contribution in [3.63, 3.8) is 0 Å². The molecule has 1 N–H and O–H groups in total. The number of alkyl halides is 3. The van der Waals surface area contributed by atoms with Crippen molar-refractivity contribution in [3.05, 3.63) is 35.4 Å². The summed E-state index contributed by atoms with van der Waals surface area (Å²) >= 11 is 0. The fourth-order valence-electron chi connectivity index (χ4n) is 2.84. The summed E-state index contributed by atoms with van der Waals surface area (Å²) in [6, 6.07) is 7.28. The fourth-order valence-corrected chi connectivity index (χ4v) is 2.84. The summed E-state index contributed by atoms with van der Waals surface area (Å²) in [6.45, 7) is 0.978. The van der Waals surface area contributed by atoms with Crippen LogP contribution < -0.4 is 0 Å². The first-order valence-electron chi connectivity index (χ1n) is 7.37. The van der Waals surface area contributed by atoms with Gasteiger partial charge in [0.05, 0.1) is 18.3 Å². The van der Waals surface area contributed by atoms with Crippen LogP contribution in [0.15, 0.2) is 24.3 Å². The van der Waals surface area contributed by atoms with Crippen molar-refractivity contribution in [3.8, 4) is 0 Å². The van der Waals surface area contributed by atoms with Gasteiger partial charge in [0.2, 0.25) is 5.91 Å². The van der Waals surface area contributed by atoms with Crippen LogP contribution in [0.25, 0.3) is 0 Å². The van der Waals surface area contributed by atoms with Crippen molar-refractivity contribution in [1.29, 1.82) is 0 Å². The molecule has 1 fully saturated rings. The van der Waals surface area contributed by atoms with Crippen LogP contribution in [0.1, 0.15) is 18.1 Å². The molecule has 1 aliphatic heterocycles. The molecular formula is C16H18F3NO3. The van der Waals surface area contributed by atoms with Crippen LogP contribution >= 0.6 is 0 Å². The smallest absolute Gasteiger partial charge is 0.394 e. The summed E-state index contributed by atoms with van der Waals surface area (Å²) in [5, 5.41) is 8.97. The van der Waals surface area contributed by atoms with Crippen LogP contribution in [0.5, 0.6) is 0 Å². The van der Waals surface area contributed by atoms with Gasteiger partial charge in [0.15, 0.2) is 0 Å². The summed E-state index contributed by atoms with van der Waals surface area (Å²) in [6.07, 6.45) is -3.85. The number of amides is 1. The first-order valence-corrected chi connectivity index (χ1v) is 7.37. The molecule has 1 heterocycles. The number of carbonyl (C=O) groups excluding carboxylic acids is 1. The standard InChI is InChI=1S/C16H18F3NO3/c1-2-10-4-3-5-11(6-10)7-14(21)20-8-12(15(22)23)13(9-20)16(17,18)19/h3-6,12-13H,2,7-9H2,1H3,(H,22,23)/t12-,13-/m1/s1. The molecule has 0 spiro atoms. The normalized spacial score (nSPS) is 21.5. The Bertz CT molecular complexity index is 600. The number of carboxylic acid groups (broad SMARTS) is 1. The molecular weight excluding hydrogens is 311 g/mol. The zero-order valence-electron chi connectivity index (χ0n) is 12.6. The second-order valence-corrected chi connectivity index (χ2v) is 5.74. The van der Waals surface area contributed by atoms with Crippen molar-refractivity contribution >= 4 is 11.9 Å². The molecule has 0 aliphatic carbocycles. The van der Waals surface area contributed by atoms with Gasteiger partial charge in [-0.15, -0.1) is 0 Å². The second-order valence-electron chi connectivity index (χ2n) is 5.74. The zero-order valence-corrected chi connectivity index (χ0v) is 12.6. The average molecular weight is 329 g/mol. The van der Waals surface area contributed by atoms with Gasteiger partial charge in [-0.05, 0) is 17.5 Å². The zero-order chi connectivity index (χ0) is 17.2. The highest BCUT2D eigenvalue weighted by Gasteiger charge is 2.53. The number of aliphatic carboxylic acids is 1. The van der Waals surface area contributed by atoms with Crippen LogP contribution in [0.2, 0.25) is 0 Å². The summed E-state index contributed by atoms with van der Waals surface area (Å²) in [7, 11) is 0. The van der Waals surface area contributed by atoms with Gasteiger partial charge in [-0.1, -0.05) is 31.2 Å². The summed E-state index contributed by atoms with van der Waals surface area (Å²) in [5.41, 5.74) is 1.75. The molecule has 2 rings (SSSR count). The Labute approximate surface area is 131 Å². The van der Waals surface area contributed by atoms with Gasteiger partial charge in [0.25, 0.3) is 0 Å². The molecule has 1 aliphatic rings. The molecule has 1 amide bonds. The lowest BCUT2D eigenvalue weighted by Gasteiger charge is -2.18. The van der Waals surface area contributed by atoms with Gasteiger partial charge in [-0.25, -0.2) is 0 Å². The van der Waals surface area contributed by atoms with Gasteiger partial charge in [-0.2, -0.15) is 13.2 Å². The molecule has 1 saturated heterocycles. The first-order chi connectivity index (χ1) is 10.7. The van der Waals surface area contributed by atoms with E-state index < -0.39 is 43.0 Å². The van der Waals surface area contributed by atoms with E-state index in [9.17, 15) is 22.8 Å². The summed E-state index contributed by atoms with van der Waals surface area (Å²) in [4.78, 5) is 24.3. The van der Waals surface area contributed by atoms with E-state index in [2.05, 4.69) is 0 Å². The minimum Gasteiger partial charge on any atom is -0.481 e. The van der Waals surface area contributed by atoms with E-state index in [-0.39, 0.29) is 6.42 Å². The van der Waals surface area contributed by atoms with E-state index in [0.29, 0.717) is 0 Å². The maximum absolute atomic E-state index is 12.9. The molecule has 0 radical (unpaired) electrons. The number of hydrogen-bond donors (Lipinski definition) is 1. The highest BCUT2D eigenvalue weighted by Crippen LogP contribution is 2.37. The van der Waals surface area contributed by atoms with Crippen molar-refractivity contribution in [1.82, 2.24) is 4.90 Å². The number of aryl methyl sites for hydroxylation is 1. The topological polar surface area (TPSA) is 57.6 Å². The number of carboxylic acids is 1. The number of nitrogens with zero attached hydrogens (tertiary/aromatic N) is 1. The molecule has 0 saturated carbocycles. The molecule has 0 unspecified atom stereocenters. The lowest BCUT2D eigenvalue weighted by atomic mass is 9.96. The molecule has 23 heavy (non-hydrogen) atoms. The van der Waals surface area contributed by atoms with Crippen LogP contribution in [0, 0.1) is 11.8 Å². The third-order valence-electron chi connectivity index (χ3n) is 4.17. The van der Waals surface area contributed by atoms with E-state index in [1.165, 1.54) is 0 Å². The molecule has 2 atom stereocenters. The molecule has 7 heteroatoms. The quantitative estimate of drug-likeness (QED) is 0.923. The minimum atomic E-state index is -4.62. The van der Waals surface area contributed by atoms with Gasteiger partial charge < -0.3 is 10.0 Å². The molecule has 4 nitrogen and oxygen atoms in total. The van der Waals surface area contributed by atoms with Gasteiger partial charge in [0.1, 0.15) is 0 Å². The van der Waals surface area contributed by atoms with Crippen LogP contribution in [0.4, 0.5) is 13.2 Å². The fraction of sp³-hybridized carbons (Fsp3) is 0.500. The highest BCUT2D eigenvalue weighted by molar-refractivity contribution is 5.81. The van der Waals surface area contributed by atoms with Crippen molar-refractivity contribution in [2.45, 2.75) is 25.9 Å². The lowest BCUT2D eigenvalue weighted by Crippen LogP contribution is -2.34. The number of hydrogen-bond acceptors (Lipinski definition) is 2. The third-order valence-corrected chi connectivity index (χ3v) is 4.17. The lowest BCUT2D eigenvalue weighted by molar-refractivity contribution is -0.188. The predicted molar refractivity (Wildman–Crippen MR) is 76.8 cm³/mol. The van der Waals surface area contributed by atoms with Crippen molar-refractivity contribution < 1.29 is 27.9 Å². The average Bonchev–Trinajstić information content (AvgIpc) is 2.93. The molecule has 0 aromatic heterocycles.